The van der Waals surface area contributed by atoms with Gasteiger partial charge in [-0.15, -0.1) is 0 Å². The Balaban J connectivity index is 1.44. The van der Waals surface area contributed by atoms with Gasteiger partial charge in [-0.25, -0.2) is 28.8 Å². The van der Waals surface area contributed by atoms with Crippen molar-refractivity contribution in [2.45, 2.75) is 71.4 Å². The summed E-state index contributed by atoms with van der Waals surface area (Å²) in [6.07, 6.45) is -2.80. The number of ether oxygens (including phenoxy) is 2. The first kappa shape index (κ1) is 35.0. The maximum Gasteiger partial charge on any atom is 0.323 e. The van der Waals surface area contributed by atoms with Crippen LogP contribution in [0.15, 0.2) is 48.8 Å². The topological polar surface area (TPSA) is 142 Å². The smallest absolute Gasteiger partial charge is 0.323 e. The number of aliphatic hydroxyl groups excluding tert-OH is 1. The van der Waals surface area contributed by atoms with Crippen LogP contribution in [-0.2, 0) is 30.6 Å². The average molecular weight is 693 g/mol. The highest BCUT2D eigenvalue weighted by Crippen LogP contribution is 2.53. The molecule has 2 aromatic carbocycles. The Morgan fingerprint density at radius 1 is 1.21 bits per heavy atom. The number of nitrogens with zero attached hydrogens (tertiary/aromatic N) is 4. The Morgan fingerprint density at radius 3 is 2.62 bits per heavy atom. The fourth-order valence-electron chi connectivity index (χ4n) is 5.10. The molecule has 4 aromatic rings. The highest BCUT2D eigenvalue weighted by Gasteiger charge is 2.65. The molecule has 1 aliphatic rings. The van der Waals surface area contributed by atoms with E-state index in [0.717, 1.165) is 12.3 Å². The lowest BCUT2D eigenvalue weighted by atomic mass is 9.97. The summed E-state index contributed by atoms with van der Waals surface area (Å²) in [5, 5.41) is 18.3. The van der Waals surface area contributed by atoms with Crippen LogP contribution in [0, 0.1) is 12.3 Å². The molecule has 1 unspecified atom stereocenters. The Bertz CT molecular complexity index is 1830. The van der Waals surface area contributed by atoms with Crippen LogP contribution in [0.4, 0.5) is 14.6 Å². The summed E-state index contributed by atoms with van der Waals surface area (Å²) in [5.74, 6) is -2.70. The minimum atomic E-state index is -3.84. The predicted octanol–water partition coefficient (Wildman–Crippen LogP) is 5.50. The SMILES string of the molecule is CNc1nc(C)nc2c1ncn2[C@@H]1O[C@](F)(COP(=S)(N[C@H](C)C(=O)OCC(C)(C)C)Oc2cccc3ccccc23)[C@@H](O)[C@@]1(C)F. The molecule has 1 saturated heterocycles. The van der Waals surface area contributed by atoms with Gasteiger partial charge in [0.25, 0.3) is 5.85 Å². The molecule has 5 rings (SSSR count). The summed E-state index contributed by atoms with van der Waals surface area (Å²) in [4.78, 5) is 25.8. The molecule has 0 saturated carbocycles. The molecule has 0 aliphatic carbocycles. The highest BCUT2D eigenvalue weighted by atomic mass is 32.5. The average Bonchev–Trinajstić information content (AvgIpc) is 3.50. The number of alkyl halides is 2. The van der Waals surface area contributed by atoms with E-state index in [2.05, 4.69) is 25.4 Å². The highest BCUT2D eigenvalue weighted by molar-refractivity contribution is 8.09. The van der Waals surface area contributed by atoms with E-state index < -0.39 is 49.1 Å². The molecule has 2 aromatic heterocycles. The molecule has 12 nitrogen and oxygen atoms in total. The molecular weight excluding hydrogens is 653 g/mol. The number of carbonyl (C=O) groups excluding carboxylic acids is 1. The lowest BCUT2D eigenvalue weighted by Crippen LogP contribution is -2.47. The molecule has 3 heterocycles. The molecule has 16 heteroatoms. The third-order valence-electron chi connectivity index (χ3n) is 7.51. The van der Waals surface area contributed by atoms with Gasteiger partial charge in [0.15, 0.2) is 35.0 Å². The van der Waals surface area contributed by atoms with Crippen molar-refractivity contribution in [3.05, 3.63) is 54.6 Å². The van der Waals surface area contributed by atoms with Crippen LogP contribution in [0.2, 0.25) is 0 Å². The number of aryl methyl sites for hydroxylation is 1. The zero-order valence-electron chi connectivity index (χ0n) is 27.2. The number of rotatable bonds is 11. The number of hydrogen-bond acceptors (Lipinski definition) is 11. The summed E-state index contributed by atoms with van der Waals surface area (Å²) in [6, 6.07) is 11.6. The summed E-state index contributed by atoms with van der Waals surface area (Å²) < 4.78 is 57.3. The van der Waals surface area contributed by atoms with Crippen molar-refractivity contribution in [2.24, 2.45) is 5.41 Å². The Labute approximate surface area is 276 Å². The van der Waals surface area contributed by atoms with Crippen LogP contribution >= 0.6 is 6.64 Å². The zero-order chi connectivity index (χ0) is 34.4. The minimum absolute atomic E-state index is 0.138. The lowest BCUT2D eigenvalue weighted by Gasteiger charge is -2.30. The lowest BCUT2D eigenvalue weighted by molar-refractivity contribution is -0.202. The Morgan fingerprint density at radius 2 is 1.91 bits per heavy atom. The molecule has 254 valence electrons. The van der Waals surface area contributed by atoms with Crippen LogP contribution in [-0.4, -0.2) is 74.5 Å². The third kappa shape index (κ3) is 7.25. The van der Waals surface area contributed by atoms with Gasteiger partial charge in [-0.05, 0) is 49.4 Å². The van der Waals surface area contributed by atoms with Crippen LogP contribution in [0.3, 0.4) is 0 Å². The van der Waals surface area contributed by atoms with E-state index in [9.17, 15) is 9.90 Å². The van der Waals surface area contributed by atoms with E-state index in [-0.39, 0.29) is 17.7 Å². The minimum Gasteiger partial charge on any atom is -0.464 e. The van der Waals surface area contributed by atoms with Gasteiger partial charge >= 0.3 is 12.6 Å². The molecule has 0 amide bonds. The second-order valence-electron chi connectivity index (χ2n) is 12.9. The van der Waals surface area contributed by atoms with Crippen molar-refractivity contribution in [1.82, 2.24) is 24.6 Å². The van der Waals surface area contributed by atoms with Gasteiger partial charge < -0.3 is 28.9 Å². The fraction of sp³-hybridized carbons (Fsp3) is 0.484. The summed E-state index contributed by atoms with van der Waals surface area (Å²) in [6.45, 7) is 5.14. The number of carbonyl (C=O) groups is 1. The molecule has 0 bridgehead atoms. The van der Waals surface area contributed by atoms with Crippen LogP contribution in [0.1, 0.15) is 46.7 Å². The number of aliphatic hydroxyl groups is 1. The van der Waals surface area contributed by atoms with Crippen molar-refractivity contribution < 1.29 is 37.2 Å². The van der Waals surface area contributed by atoms with E-state index in [1.54, 1.807) is 26.1 Å². The maximum atomic E-state index is 16.6. The number of nitrogens with one attached hydrogen (secondary N) is 2. The molecule has 6 atom stereocenters. The number of fused-ring (bicyclic) bond motifs is 2. The zero-order valence-corrected chi connectivity index (χ0v) is 28.9. The fourth-order valence-corrected chi connectivity index (χ4v) is 7.50. The molecule has 0 spiro atoms. The van der Waals surface area contributed by atoms with Crippen molar-refractivity contribution in [2.75, 3.05) is 25.6 Å². The molecule has 1 fully saturated rings. The van der Waals surface area contributed by atoms with Crippen LogP contribution < -0.4 is 14.9 Å². The first-order valence-corrected chi connectivity index (χ1v) is 17.6. The van der Waals surface area contributed by atoms with E-state index in [1.165, 1.54) is 17.8 Å². The summed E-state index contributed by atoms with van der Waals surface area (Å²) in [7, 11) is 1.64. The standard InChI is InChI=1S/C31H39F2N6O6PS/c1-18(26(40)42-15-29(3,4)5)38-46(47,45-22-14-10-12-20-11-8-9-13-21(20)22)43-16-31(33)27(41)30(6,32)28(44-31)39-17-35-23-24(34-7)36-19(2)37-25(23)39/h8-14,17-18,27-28,41H,15-16H2,1-7H3,(H,38,47)(H,34,36,37)/t18-,27+,28-,30-,31-,46?/m1/s1. The number of halogens is 2. The number of imidazole rings is 1. The Hall–Kier alpha value is -3.33. The maximum absolute atomic E-state index is 16.6. The van der Waals surface area contributed by atoms with Gasteiger partial charge in [-0.1, -0.05) is 57.2 Å². The third-order valence-corrected chi connectivity index (χ3v) is 9.97. The molecule has 1 aliphatic heterocycles. The van der Waals surface area contributed by atoms with Gasteiger partial charge in [0.2, 0.25) is 0 Å². The number of aromatic nitrogens is 4. The number of benzene rings is 2. The van der Waals surface area contributed by atoms with E-state index in [1.807, 2.05) is 51.1 Å². The second kappa shape index (κ2) is 12.9. The van der Waals surface area contributed by atoms with Crippen LogP contribution in [0.25, 0.3) is 21.9 Å². The van der Waals surface area contributed by atoms with Gasteiger partial charge in [-0.2, -0.15) is 0 Å². The normalized spacial score (nSPS) is 25.1. The number of hydrogen-bond donors (Lipinski definition) is 3. The van der Waals surface area contributed by atoms with Gasteiger partial charge in [0.1, 0.15) is 24.2 Å². The van der Waals surface area contributed by atoms with E-state index in [4.69, 9.17) is 30.3 Å². The van der Waals surface area contributed by atoms with Gasteiger partial charge in [-0.3, -0.25) is 9.36 Å². The van der Waals surface area contributed by atoms with Crippen molar-refractivity contribution in [3.63, 3.8) is 0 Å². The first-order valence-electron chi connectivity index (χ1n) is 15.0. The number of anilines is 1. The molecule has 47 heavy (non-hydrogen) atoms. The van der Waals surface area contributed by atoms with Gasteiger partial charge in [0, 0.05) is 12.4 Å². The van der Waals surface area contributed by atoms with Gasteiger partial charge in [0.05, 0.1) is 12.9 Å². The molecular formula is C31H39F2N6O6PS. The Kier molecular flexibility index (Phi) is 9.63. The number of esters is 1. The van der Waals surface area contributed by atoms with Crippen molar-refractivity contribution >= 4 is 52.2 Å². The van der Waals surface area contributed by atoms with E-state index in [0.29, 0.717) is 28.3 Å². The van der Waals surface area contributed by atoms with Crippen LogP contribution in [0.5, 0.6) is 5.75 Å². The monoisotopic (exact) mass is 692 g/mol. The summed E-state index contributed by atoms with van der Waals surface area (Å²) in [5.41, 5.74) is -2.50. The quantitative estimate of drug-likeness (QED) is 0.135. The van der Waals surface area contributed by atoms with E-state index >= 15 is 8.78 Å². The van der Waals surface area contributed by atoms with Crippen molar-refractivity contribution in [3.8, 4) is 5.75 Å². The molecule has 3 N–H and O–H groups in total. The predicted molar refractivity (Wildman–Crippen MR) is 177 cm³/mol. The molecule has 0 radical (unpaired) electrons. The second-order valence-corrected chi connectivity index (χ2v) is 16.0. The summed E-state index contributed by atoms with van der Waals surface area (Å²) >= 11 is 5.81. The van der Waals surface area contributed by atoms with Crippen molar-refractivity contribution in [1.29, 1.82) is 0 Å². The first-order chi connectivity index (χ1) is 22.0. The largest absolute Gasteiger partial charge is 0.464 e.